The summed E-state index contributed by atoms with van der Waals surface area (Å²) in [6.45, 7) is 4.10. The van der Waals surface area contributed by atoms with Crippen molar-refractivity contribution in [3.05, 3.63) is 27.7 Å². The topological polar surface area (TPSA) is 67.4 Å². The average molecular weight is 355 g/mol. The van der Waals surface area contributed by atoms with E-state index in [1.807, 2.05) is 0 Å². The van der Waals surface area contributed by atoms with E-state index in [4.69, 9.17) is 27.9 Å². The van der Waals surface area contributed by atoms with Gasteiger partial charge in [-0.15, -0.1) is 0 Å². The Morgan fingerprint density at radius 1 is 1.29 bits per heavy atom. The second-order valence-corrected chi connectivity index (χ2v) is 7.75. The van der Waals surface area contributed by atoms with Crippen LogP contribution in [0.3, 0.4) is 0 Å². The minimum absolute atomic E-state index is 0.0335. The molecule has 21 heavy (non-hydrogen) atoms. The Morgan fingerprint density at radius 2 is 1.90 bits per heavy atom. The second kappa shape index (κ2) is 7.26. The lowest BCUT2D eigenvalue weighted by Gasteiger charge is -2.23. The maximum absolute atomic E-state index is 12.4. The Morgan fingerprint density at radius 3 is 2.43 bits per heavy atom. The molecule has 0 heterocycles. The van der Waals surface area contributed by atoms with Gasteiger partial charge in [-0.2, -0.15) is 0 Å². The van der Waals surface area contributed by atoms with E-state index in [1.54, 1.807) is 27.0 Å². The highest BCUT2D eigenvalue weighted by Crippen LogP contribution is 2.29. The molecule has 0 aromatic heterocycles. The molecule has 0 aliphatic heterocycles. The van der Waals surface area contributed by atoms with Crippen LogP contribution in [0.5, 0.6) is 0 Å². The lowest BCUT2D eigenvalue weighted by atomic mass is 10.1. The maximum atomic E-state index is 12.4. The van der Waals surface area contributed by atoms with Crippen molar-refractivity contribution in [1.29, 1.82) is 0 Å². The zero-order valence-corrected chi connectivity index (χ0v) is 14.8. The molecule has 0 fully saturated rings. The van der Waals surface area contributed by atoms with Crippen LogP contribution in [0.1, 0.15) is 19.4 Å². The molecular formula is C13H20Cl2N2O3S. The first-order chi connectivity index (χ1) is 9.63. The lowest BCUT2D eigenvalue weighted by Crippen LogP contribution is -2.39. The molecule has 5 nitrogen and oxygen atoms in total. The predicted molar refractivity (Wildman–Crippen MR) is 85.5 cm³/mol. The molecule has 8 heteroatoms. The average Bonchev–Trinajstić information content (AvgIpc) is 2.41. The highest BCUT2D eigenvalue weighted by atomic mass is 35.5. The smallest absolute Gasteiger partial charge is 0.242 e. The summed E-state index contributed by atoms with van der Waals surface area (Å²) in [4.78, 5) is -0.0335. The first-order valence-electron chi connectivity index (χ1n) is 6.30. The van der Waals surface area contributed by atoms with Crippen LogP contribution >= 0.6 is 23.2 Å². The molecule has 0 unspecified atom stereocenters. The van der Waals surface area contributed by atoms with Crippen LogP contribution in [0.15, 0.2) is 17.0 Å². The van der Waals surface area contributed by atoms with E-state index in [1.165, 1.54) is 13.2 Å². The number of hydrogen-bond donors (Lipinski definition) is 2. The number of benzene rings is 1. The van der Waals surface area contributed by atoms with E-state index >= 15 is 0 Å². The number of nitrogens with one attached hydrogen (secondary N) is 2. The normalized spacial score (nSPS) is 12.7. The first kappa shape index (κ1) is 18.7. The fourth-order valence-corrected chi connectivity index (χ4v) is 3.68. The highest BCUT2D eigenvalue weighted by Gasteiger charge is 2.25. The van der Waals surface area contributed by atoms with Crippen LogP contribution in [0, 0.1) is 0 Å². The minimum Gasteiger partial charge on any atom is -0.377 e. The van der Waals surface area contributed by atoms with E-state index in [0.717, 1.165) is 0 Å². The van der Waals surface area contributed by atoms with E-state index < -0.39 is 15.6 Å². The van der Waals surface area contributed by atoms with Gasteiger partial charge < -0.3 is 10.1 Å². The summed E-state index contributed by atoms with van der Waals surface area (Å²) >= 11 is 12.2. The molecule has 0 saturated carbocycles. The number of ether oxygens (including phenoxy) is 1. The summed E-state index contributed by atoms with van der Waals surface area (Å²) in [5.74, 6) is 0. The summed E-state index contributed by atoms with van der Waals surface area (Å²) in [6, 6.07) is 2.98. The molecule has 0 spiro atoms. The minimum atomic E-state index is -3.77. The van der Waals surface area contributed by atoms with E-state index in [-0.39, 0.29) is 16.5 Å². The van der Waals surface area contributed by atoms with Gasteiger partial charge in [0.25, 0.3) is 0 Å². The Labute approximate surface area is 136 Å². The number of hydrogen-bond acceptors (Lipinski definition) is 4. The van der Waals surface area contributed by atoms with Crippen molar-refractivity contribution >= 4 is 33.2 Å². The Hall–Kier alpha value is -0.370. The van der Waals surface area contributed by atoms with Gasteiger partial charge in [0.15, 0.2) is 0 Å². The van der Waals surface area contributed by atoms with Crippen molar-refractivity contribution in [2.75, 3.05) is 20.7 Å². The first-order valence-corrected chi connectivity index (χ1v) is 8.54. The fraction of sp³-hybridized carbons (Fsp3) is 0.538. The Kier molecular flexibility index (Phi) is 6.46. The Balaban J connectivity index is 3.14. The van der Waals surface area contributed by atoms with E-state index in [9.17, 15) is 8.42 Å². The van der Waals surface area contributed by atoms with Crippen LogP contribution in [0.4, 0.5) is 0 Å². The molecule has 0 bridgehead atoms. The SMILES string of the molecule is CNCc1cc(Cl)cc(S(=O)(=O)NCC(C)(C)OC)c1Cl. The molecule has 0 saturated heterocycles. The third kappa shape index (κ3) is 5.09. The monoisotopic (exact) mass is 354 g/mol. The van der Waals surface area contributed by atoms with Crippen molar-refractivity contribution in [2.24, 2.45) is 0 Å². The van der Waals surface area contributed by atoms with Gasteiger partial charge in [-0.05, 0) is 38.6 Å². The summed E-state index contributed by atoms with van der Waals surface area (Å²) in [7, 11) is -0.511. The summed E-state index contributed by atoms with van der Waals surface area (Å²) in [5, 5.41) is 3.40. The molecule has 0 atom stereocenters. The van der Waals surface area contributed by atoms with Gasteiger partial charge in [0.1, 0.15) is 4.90 Å². The predicted octanol–water partition coefficient (Wildman–Crippen LogP) is 2.42. The van der Waals surface area contributed by atoms with Gasteiger partial charge >= 0.3 is 0 Å². The third-order valence-corrected chi connectivity index (χ3v) is 5.18. The third-order valence-electron chi connectivity index (χ3n) is 2.98. The summed E-state index contributed by atoms with van der Waals surface area (Å²) in [5.41, 5.74) is 0.00407. The second-order valence-electron chi connectivity index (χ2n) is 5.20. The molecule has 1 aromatic rings. The molecular weight excluding hydrogens is 335 g/mol. The van der Waals surface area contributed by atoms with Gasteiger partial charge in [-0.3, -0.25) is 0 Å². The van der Waals surface area contributed by atoms with Gasteiger partial charge in [0.05, 0.1) is 10.6 Å². The maximum Gasteiger partial charge on any atom is 0.242 e. The van der Waals surface area contributed by atoms with Gasteiger partial charge in [0.2, 0.25) is 10.0 Å². The molecule has 1 aromatic carbocycles. The fourth-order valence-electron chi connectivity index (χ4n) is 1.55. The molecule has 2 N–H and O–H groups in total. The Bertz CT molecular complexity index is 604. The number of methoxy groups -OCH3 is 1. The summed E-state index contributed by atoms with van der Waals surface area (Å²) in [6.07, 6.45) is 0. The van der Waals surface area contributed by atoms with Crippen molar-refractivity contribution in [3.8, 4) is 0 Å². The zero-order chi connectivity index (χ0) is 16.3. The van der Waals surface area contributed by atoms with Crippen LogP contribution in [-0.4, -0.2) is 34.7 Å². The van der Waals surface area contributed by atoms with Crippen LogP contribution in [0.2, 0.25) is 10.0 Å². The van der Waals surface area contributed by atoms with Gasteiger partial charge in [-0.25, -0.2) is 13.1 Å². The van der Waals surface area contributed by atoms with Crippen molar-refractivity contribution < 1.29 is 13.2 Å². The largest absolute Gasteiger partial charge is 0.377 e. The van der Waals surface area contributed by atoms with Crippen LogP contribution in [-0.2, 0) is 21.3 Å². The van der Waals surface area contributed by atoms with Crippen molar-refractivity contribution in [1.82, 2.24) is 10.0 Å². The molecule has 0 amide bonds. The van der Waals surface area contributed by atoms with Crippen LogP contribution < -0.4 is 10.0 Å². The van der Waals surface area contributed by atoms with E-state index in [0.29, 0.717) is 17.1 Å². The zero-order valence-electron chi connectivity index (χ0n) is 12.5. The highest BCUT2D eigenvalue weighted by molar-refractivity contribution is 7.89. The lowest BCUT2D eigenvalue weighted by molar-refractivity contribution is 0.0276. The van der Waals surface area contributed by atoms with Crippen molar-refractivity contribution in [2.45, 2.75) is 30.9 Å². The standard InChI is InChI=1S/C13H20Cl2N2O3S/c1-13(2,20-4)8-17-21(18,19)11-6-10(14)5-9(7-16-3)12(11)15/h5-6,16-17H,7-8H2,1-4H3. The molecule has 0 aliphatic rings. The molecule has 0 radical (unpaired) electrons. The number of rotatable bonds is 7. The van der Waals surface area contributed by atoms with Gasteiger partial charge in [-0.1, -0.05) is 23.2 Å². The number of sulfonamides is 1. The number of halogens is 2. The molecule has 120 valence electrons. The molecule has 0 aliphatic carbocycles. The van der Waals surface area contributed by atoms with E-state index in [2.05, 4.69) is 10.0 Å². The van der Waals surface area contributed by atoms with Crippen molar-refractivity contribution in [3.63, 3.8) is 0 Å². The summed E-state index contributed by atoms with van der Waals surface area (Å²) < 4.78 is 32.5. The molecule has 1 rings (SSSR count). The van der Waals surface area contributed by atoms with Crippen LogP contribution in [0.25, 0.3) is 0 Å². The van der Waals surface area contributed by atoms with Gasteiger partial charge in [0, 0.05) is 25.2 Å². The quantitative estimate of drug-likeness (QED) is 0.788.